The fourth-order valence-corrected chi connectivity index (χ4v) is 1.19. The average molecular weight is 217 g/mol. The SMILES string of the molecule is Cc1nc(CN)c([N+](=O)[O-])cc1C(F)F. The largest absolute Gasteiger partial charge is 0.325 e. The van der Waals surface area contributed by atoms with Gasteiger partial charge in [0.2, 0.25) is 0 Å². The molecular weight excluding hydrogens is 208 g/mol. The van der Waals surface area contributed by atoms with Crippen molar-refractivity contribution in [3.63, 3.8) is 0 Å². The number of pyridine rings is 1. The molecule has 0 saturated carbocycles. The molecule has 0 aromatic carbocycles. The van der Waals surface area contributed by atoms with E-state index >= 15 is 0 Å². The van der Waals surface area contributed by atoms with Gasteiger partial charge < -0.3 is 5.73 Å². The molecule has 1 aromatic heterocycles. The molecule has 7 heteroatoms. The van der Waals surface area contributed by atoms with E-state index in [1.807, 2.05) is 0 Å². The second-order valence-corrected chi connectivity index (χ2v) is 2.89. The minimum Gasteiger partial charge on any atom is -0.325 e. The van der Waals surface area contributed by atoms with E-state index in [4.69, 9.17) is 5.73 Å². The van der Waals surface area contributed by atoms with Gasteiger partial charge in [-0.3, -0.25) is 10.1 Å². The number of alkyl halides is 2. The molecule has 0 amide bonds. The highest BCUT2D eigenvalue weighted by Gasteiger charge is 2.21. The molecule has 15 heavy (non-hydrogen) atoms. The van der Waals surface area contributed by atoms with Crippen LogP contribution >= 0.6 is 0 Å². The number of nitrogens with zero attached hydrogens (tertiary/aromatic N) is 2. The van der Waals surface area contributed by atoms with Gasteiger partial charge in [-0.2, -0.15) is 0 Å². The van der Waals surface area contributed by atoms with Gasteiger partial charge in [-0.15, -0.1) is 0 Å². The van der Waals surface area contributed by atoms with E-state index in [0.29, 0.717) is 0 Å². The molecule has 0 fully saturated rings. The molecule has 0 aliphatic rings. The second kappa shape index (κ2) is 4.26. The van der Waals surface area contributed by atoms with Gasteiger partial charge in [0.25, 0.3) is 12.1 Å². The minimum atomic E-state index is -2.77. The van der Waals surface area contributed by atoms with Gasteiger partial charge in [0, 0.05) is 23.9 Å². The number of nitro groups is 1. The van der Waals surface area contributed by atoms with E-state index in [1.165, 1.54) is 6.92 Å². The lowest BCUT2D eigenvalue weighted by Crippen LogP contribution is -2.08. The van der Waals surface area contributed by atoms with Gasteiger partial charge in [0.05, 0.1) is 4.92 Å². The second-order valence-electron chi connectivity index (χ2n) is 2.89. The zero-order valence-electron chi connectivity index (χ0n) is 7.91. The van der Waals surface area contributed by atoms with Crippen molar-refractivity contribution in [1.29, 1.82) is 0 Å². The molecule has 2 N–H and O–H groups in total. The van der Waals surface area contributed by atoms with Crippen LogP contribution in [0.4, 0.5) is 14.5 Å². The van der Waals surface area contributed by atoms with Crippen LogP contribution in [0.5, 0.6) is 0 Å². The van der Waals surface area contributed by atoms with Crippen molar-refractivity contribution in [3.05, 3.63) is 33.1 Å². The third-order valence-electron chi connectivity index (χ3n) is 1.93. The number of halogens is 2. The Kier molecular flexibility index (Phi) is 3.25. The first-order valence-electron chi connectivity index (χ1n) is 4.10. The van der Waals surface area contributed by atoms with Gasteiger partial charge >= 0.3 is 0 Å². The van der Waals surface area contributed by atoms with Crippen LogP contribution in [0.2, 0.25) is 0 Å². The monoisotopic (exact) mass is 217 g/mol. The lowest BCUT2D eigenvalue weighted by Gasteiger charge is -2.06. The van der Waals surface area contributed by atoms with Crippen LogP contribution in [0.3, 0.4) is 0 Å². The molecular formula is C8H9F2N3O2. The first-order chi connectivity index (χ1) is 6.97. The summed E-state index contributed by atoms with van der Waals surface area (Å²) in [4.78, 5) is 13.5. The highest BCUT2D eigenvalue weighted by molar-refractivity contribution is 5.41. The summed E-state index contributed by atoms with van der Waals surface area (Å²) in [6.07, 6.45) is -2.77. The molecule has 0 saturated heterocycles. The van der Waals surface area contributed by atoms with Crippen molar-refractivity contribution in [3.8, 4) is 0 Å². The van der Waals surface area contributed by atoms with E-state index in [9.17, 15) is 18.9 Å². The van der Waals surface area contributed by atoms with Crippen LogP contribution in [-0.4, -0.2) is 9.91 Å². The summed E-state index contributed by atoms with van der Waals surface area (Å²) in [6, 6.07) is 0.829. The first kappa shape index (κ1) is 11.4. The van der Waals surface area contributed by atoms with E-state index < -0.39 is 22.6 Å². The first-order valence-corrected chi connectivity index (χ1v) is 4.10. The molecule has 0 radical (unpaired) electrons. The zero-order valence-corrected chi connectivity index (χ0v) is 7.91. The Morgan fingerprint density at radius 3 is 2.67 bits per heavy atom. The number of hydrogen-bond donors (Lipinski definition) is 1. The zero-order chi connectivity index (χ0) is 11.6. The van der Waals surface area contributed by atoms with Crippen molar-refractivity contribution in [1.82, 2.24) is 4.98 Å². The Morgan fingerprint density at radius 2 is 2.27 bits per heavy atom. The Labute approximate surface area is 84.1 Å². The highest BCUT2D eigenvalue weighted by Crippen LogP contribution is 2.27. The van der Waals surface area contributed by atoms with E-state index in [-0.39, 0.29) is 17.9 Å². The van der Waals surface area contributed by atoms with Crippen LogP contribution in [0.1, 0.15) is 23.4 Å². The molecule has 1 heterocycles. The molecule has 1 aromatic rings. The average Bonchev–Trinajstić information content (AvgIpc) is 2.16. The van der Waals surface area contributed by atoms with E-state index in [0.717, 1.165) is 6.07 Å². The third-order valence-corrected chi connectivity index (χ3v) is 1.93. The predicted molar refractivity (Wildman–Crippen MR) is 48.5 cm³/mol. The molecule has 0 unspecified atom stereocenters. The van der Waals surface area contributed by atoms with Crippen LogP contribution < -0.4 is 5.73 Å². The number of aromatic nitrogens is 1. The third kappa shape index (κ3) is 2.24. The number of aryl methyl sites for hydroxylation is 1. The van der Waals surface area contributed by atoms with Crippen LogP contribution in [0.15, 0.2) is 6.07 Å². The summed E-state index contributed by atoms with van der Waals surface area (Å²) in [5.74, 6) is 0. The number of rotatable bonds is 3. The molecule has 0 spiro atoms. The molecule has 0 bridgehead atoms. The lowest BCUT2D eigenvalue weighted by molar-refractivity contribution is -0.386. The van der Waals surface area contributed by atoms with Gasteiger partial charge in [-0.25, -0.2) is 13.8 Å². The van der Waals surface area contributed by atoms with Crippen LogP contribution in [-0.2, 0) is 6.54 Å². The summed E-state index contributed by atoms with van der Waals surface area (Å²) in [7, 11) is 0. The molecule has 0 aliphatic carbocycles. The van der Waals surface area contributed by atoms with Gasteiger partial charge in [-0.05, 0) is 6.92 Å². The summed E-state index contributed by atoms with van der Waals surface area (Å²) in [5.41, 5.74) is 4.42. The standard InChI is InChI=1S/C8H9F2N3O2/c1-4-5(8(9)10)2-7(13(14)15)6(3-11)12-4/h2,8H,3,11H2,1H3. The topological polar surface area (TPSA) is 82.0 Å². The van der Waals surface area contributed by atoms with Crippen molar-refractivity contribution in [2.45, 2.75) is 19.9 Å². The van der Waals surface area contributed by atoms with Gasteiger partial charge in [0.15, 0.2) is 0 Å². The number of hydrogen-bond acceptors (Lipinski definition) is 4. The maximum absolute atomic E-state index is 12.4. The predicted octanol–water partition coefficient (Wildman–Crippen LogP) is 1.69. The van der Waals surface area contributed by atoms with Crippen molar-refractivity contribution >= 4 is 5.69 Å². The fraction of sp³-hybridized carbons (Fsp3) is 0.375. The molecule has 1 rings (SSSR count). The molecule has 0 atom stereocenters. The fourth-order valence-electron chi connectivity index (χ4n) is 1.19. The lowest BCUT2D eigenvalue weighted by atomic mass is 10.1. The van der Waals surface area contributed by atoms with E-state index in [2.05, 4.69) is 4.98 Å². The maximum Gasteiger partial charge on any atom is 0.292 e. The summed E-state index contributed by atoms with van der Waals surface area (Å²) >= 11 is 0. The maximum atomic E-state index is 12.4. The molecule has 0 aliphatic heterocycles. The normalized spacial score (nSPS) is 10.7. The Morgan fingerprint density at radius 1 is 1.67 bits per heavy atom. The molecule has 82 valence electrons. The van der Waals surface area contributed by atoms with Crippen LogP contribution in [0.25, 0.3) is 0 Å². The van der Waals surface area contributed by atoms with Crippen molar-refractivity contribution in [2.75, 3.05) is 0 Å². The summed E-state index contributed by atoms with van der Waals surface area (Å²) in [5, 5.41) is 10.5. The van der Waals surface area contributed by atoms with Crippen molar-refractivity contribution in [2.24, 2.45) is 5.73 Å². The minimum absolute atomic E-state index is 0.0156. The van der Waals surface area contributed by atoms with E-state index in [1.54, 1.807) is 0 Å². The molecule has 5 nitrogen and oxygen atoms in total. The summed E-state index contributed by atoms with van der Waals surface area (Å²) < 4.78 is 24.8. The Hall–Kier alpha value is -1.63. The summed E-state index contributed by atoms with van der Waals surface area (Å²) in [6.45, 7) is 1.21. The van der Waals surface area contributed by atoms with Gasteiger partial charge in [0.1, 0.15) is 5.69 Å². The Bertz CT molecular complexity index is 396. The van der Waals surface area contributed by atoms with Crippen molar-refractivity contribution < 1.29 is 13.7 Å². The highest BCUT2D eigenvalue weighted by atomic mass is 19.3. The van der Waals surface area contributed by atoms with Crippen LogP contribution in [0, 0.1) is 17.0 Å². The number of nitrogens with two attached hydrogens (primary N) is 1. The smallest absolute Gasteiger partial charge is 0.292 e. The Balaban J connectivity index is 3.37. The quantitative estimate of drug-likeness (QED) is 0.617. The van der Waals surface area contributed by atoms with Gasteiger partial charge in [-0.1, -0.05) is 0 Å².